The molecule has 1 heterocycles. The average Bonchev–Trinajstić information content (AvgIpc) is 2.67. The molecule has 194 valence electrons. The van der Waals surface area contributed by atoms with Gasteiger partial charge in [-0.15, -0.1) is 0 Å². The van der Waals surface area contributed by atoms with E-state index >= 15 is 0 Å². The summed E-state index contributed by atoms with van der Waals surface area (Å²) in [5.41, 5.74) is 0.970. The summed E-state index contributed by atoms with van der Waals surface area (Å²) in [6.45, 7) is 25.1. The third-order valence-corrected chi connectivity index (χ3v) is 17.0. The maximum atomic E-state index is 6.97. The van der Waals surface area contributed by atoms with Gasteiger partial charge in [0.25, 0.3) is 0 Å². The highest BCUT2D eigenvalue weighted by atomic mass is 79.9. The van der Waals surface area contributed by atoms with Gasteiger partial charge in [0.2, 0.25) is 0 Å². The van der Waals surface area contributed by atoms with Gasteiger partial charge in [-0.2, -0.15) is 0 Å². The van der Waals surface area contributed by atoms with Crippen molar-refractivity contribution in [2.75, 3.05) is 13.9 Å². The van der Waals surface area contributed by atoms with Gasteiger partial charge >= 0.3 is 0 Å². The minimum absolute atomic E-state index is 0.0907. The van der Waals surface area contributed by atoms with Crippen LogP contribution in [0.4, 0.5) is 0 Å². The van der Waals surface area contributed by atoms with E-state index in [0.29, 0.717) is 0 Å². The van der Waals surface area contributed by atoms with Gasteiger partial charge in [-0.1, -0.05) is 41.5 Å². The zero-order valence-electron chi connectivity index (χ0n) is 23.2. The molecule has 0 unspecified atom stereocenters. The van der Waals surface area contributed by atoms with Crippen LogP contribution in [0.5, 0.6) is 5.75 Å². The second-order valence-corrected chi connectivity index (χ2v) is 22.6. The van der Waals surface area contributed by atoms with Gasteiger partial charge in [0.15, 0.2) is 23.4 Å². The number of ether oxygens (including phenoxy) is 3. The highest BCUT2D eigenvalue weighted by Gasteiger charge is 2.47. The van der Waals surface area contributed by atoms with Gasteiger partial charge in [0, 0.05) is 12.7 Å². The second kappa shape index (κ2) is 10.8. The van der Waals surface area contributed by atoms with Crippen LogP contribution in [0, 0.1) is 0 Å². The summed E-state index contributed by atoms with van der Waals surface area (Å²) in [5.74, 6) is 1.54. The van der Waals surface area contributed by atoms with Crippen LogP contribution < -0.4 is 4.74 Å². The summed E-state index contributed by atoms with van der Waals surface area (Å²) in [7, 11) is -2.49. The van der Waals surface area contributed by atoms with Gasteiger partial charge in [0.05, 0.1) is 10.6 Å². The number of methoxy groups -OCH3 is 1. The monoisotopic (exact) mass is 572 g/mol. The van der Waals surface area contributed by atoms with Crippen molar-refractivity contribution in [1.29, 1.82) is 0 Å². The summed E-state index contributed by atoms with van der Waals surface area (Å²) in [4.78, 5) is 0. The zero-order valence-corrected chi connectivity index (χ0v) is 26.8. The lowest BCUT2D eigenvalue weighted by atomic mass is 10.0. The molecule has 1 aliphatic heterocycles. The Bertz CT molecular complexity index is 871. The number of hydrogen-bond acceptors (Lipinski definition) is 5. The molecule has 0 fully saturated rings. The molecule has 0 saturated heterocycles. The summed E-state index contributed by atoms with van der Waals surface area (Å²) < 4.78 is 31.8. The molecule has 34 heavy (non-hydrogen) atoms. The average molecular weight is 574 g/mol. The summed E-state index contributed by atoms with van der Waals surface area (Å²) in [6, 6.07) is 5.95. The van der Waals surface area contributed by atoms with Crippen molar-refractivity contribution >= 4 is 38.3 Å². The van der Waals surface area contributed by atoms with E-state index in [1.54, 1.807) is 7.11 Å². The van der Waals surface area contributed by atoms with E-state index in [2.05, 4.69) is 96.7 Å². The molecule has 0 aliphatic carbocycles. The summed E-state index contributed by atoms with van der Waals surface area (Å²) in [5, 5.41) is 0.189. The van der Waals surface area contributed by atoms with Crippen LogP contribution in [-0.2, 0) is 18.3 Å². The van der Waals surface area contributed by atoms with Gasteiger partial charge in [-0.25, -0.2) is 0 Å². The van der Waals surface area contributed by atoms with Gasteiger partial charge in [-0.3, -0.25) is 0 Å². The molecule has 0 amide bonds. The molecule has 3 atom stereocenters. The van der Waals surface area contributed by atoms with E-state index in [-0.39, 0.29) is 35.2 Å². The highest BCUT2D eigenvalue weighted by Crippen LogP contribution is 2.43. The van der Waals surface area contributed by atoms with Gasteiger partial charge in [-0.05, 0) is 83.4 Å². The lowest BCUT2D eigenvalue weighted by molar-refractivity contribution is -0.0331. The maximum Gasteiger partial charge on any atom is 0.193 e. The Labute approximate surface area is 217 Å². The fourth-order valence-electron chi connectivity index (χ4n) is 3.17. The molecule has 1 aliphatic rings. The van der Waals surface area contributed by atoms with Gasteiger partial charge in [0.1, 0.15) is 23.7 Å². The van der Waals surface area contributed by atoms with Crippen molar-refractivity contribution in [3.8, 4) is 5.75 Å². The number of rotatable bonds is 8. The predicted molar refractivity (Wildman–Crippen MR) is 149 cm³/mol. The van der Waals surface area contributed by atoms with Crippen LogP contribution in [-0.4, -0.2) is 48.8 Å². The Balaban J connectivity index is 2.47. The molecule has 0 saturated carbocycles. The highest BCUT2D eigenvalue weighted by molar-refractivity contribution is 9.10. The Morgan fingerprint density at radius 1 is 0.941 bits per heavy atom. The van der Waals surface area contributed by atoms with Crippen LogP contribution in [0.25, 0.3) is 5.76 Å². The molecular formula is C26H45BrO5Si2. The molecule has 8 heteroatoms. The fourth-order valence-corrected chi connectivity index (χ4v) is 6.26. The predicted octanol–water partition coefficient (Wildman–Crippen LogP) is 7.97. The second-order valence-electron chi connectivity index (χ2n) is 12.2. The topological polar surface area (TPSA) is 46.2 Å². The molecular weight excluding hydrogens is 528 g/mol. The van der Waals surface area contributed by atoms with E-state index in [9.17, 15) is 0 Å². The van der Waals surface area contributed by atoms with Crippen molar-refractivity contribution < 1.29 is 23.1 Å². The van der Waals surface area contributed by atoms with Crippen LogP contribution in [0.15, 0.2) is 28.7 Å². The third-order valence-electron chi connectivity index (χ3n) is 7.44. The smallest absolute Gasteiger partial charge is 0.193 e. The SMILES string of the molecule is COCOc1ccc(C2=C[C@H](O[Si](C)(C)C(C)(C)C)[C@@H](O[Si](C)(C)C(C)(C)C)[C@H](C)O2)cc1Br. The Kier molecular flexibility index (Phi) is 9.37. The van der Waals surface area contributed by atoms with Crippen LogP contribution >= 0.6 is 15.9 Å². The molecule has 0 N–H and O–H groups in total. The molecule has 0 aromatic heterocycles. The lowest BCUT2D eigenvalue weighted by Gasteiger charge is -2.47. The molecule has 1 aromatic rings. The molecule has 5 nitrogen and oxygen atoms in total. The Morgan fingerprint density at radius 3 is 2.00 bits per heavy atom. The normalized spacial score (nSPS) is 22.3. The first-order valence-electron chi connectivity index (χ1n) is 12.1. The van der Waals surface area contributed by atoms with E-state index in [0.717, 1.165) is 21.5 Å². The molecule has 2 rings (SSSR count). The molecule has 0 spiro atoms. The van der Waals surface area contributed by atoms with Crippen molar-refractivity contribution in [2.24, 2.45) is 0 Å². The van der Waals surface area contributed by atoms with E-state index in [4.69, 9.17) is 23.1 Å². The number of benzene rings is 1. The van der Waals surface area contributed by atoms with Crippen LogP contribution in [0.1, 0.15) is 54.0 Å². The fraction of sp³-hybridized carbons (Fsp3) is 0.692. The van der Waals surface area contributed by atoms with Crippen molar-refractivity contribution in [2.45, 2.75) is 103 Å². The van der Waals surface area contributed by atoms with Crippen molar-refractivity contribution in [1.82, 2.24) is 0 Å². The zero-order chi connectivity index (χ0) is 26.1. The summed E-state index contributed by atoms with van der Waals surface area (Å²) >= 11 is 3.62. The first kappa shape index (κ1) is 29.6. The number of hydrogen-bond donors (Lipinski definition) is 0. The van der Waals surface area contributed by atoms with Crippen LogP contribution in [0.2, 0.25) is 36.3 Å². The van der Waals surface area contributed by atoms with Crippen LogP contribution in [0.3, 0.4) is 0 Å². The van der Waals surface area contributed by atoms with Gasteiger partial charge < -0.3 is 23.1 Å². The lowest BCUT2D eigenvalue weighted by Crippen LogP contribution is -2.55. The minimum Gasteiger partial charge on any atom is -0.488 e. The largest absolute Gasteiger partial charge is 0.488 e. The Hall–Kier alpha value is -0.646. The molecule has 1 aromatic carbocycles. The van der Waals surface area contributed by atoms with Crippen molar-refractivity contribution in [3.63, 3.8) is 0 Å². The van der Waals surface area contributed by atoms with E-state index < -0.39 is 16.6 Å². The Morgan fingerprint density at radius 2 is 1.50 bits per heavy atom. The molecule has 0 bridgehead atoms. The first-order valence-corrected chi connectivity index (χ1v) is 18.7. The quantitative estimate of drug-likeness (QED) is 0.233. The molecule has 0 radical (unpaired) electrons. The number of halogens is 1. The minimum atomic E-state index is -2.06. The summed E-state index contributed by atoms with van der Waals surface area (Å²) in [6.07, 6.45) is 1.63. The standard InChI is InChI=1S/C26H45BrO5Si2/c1-18-24(32-34(11,12)26(5,6)7)23(31-33(9,10)25(2,3)4)16-22(30-18)19-13-14-21(20(27)15-19)29-17-28-8/h13-16,18,23-24H,17H2,1-12H3/t18-,23-,24-/m0/s1. The van der Waals surface area contributed by atoms with E-state index in [1.165, 1.54) is 0 Å². The van der Waals surface area contributed by atoms with E-state index in [1.807, 2.05) is 18.2 Å². The first-order chi connectivity index (χ1) is 15.4. The third kappa shape index (κ3) is 6.98. The van der Waals surface area contributed by atoms with Crippen molar-refractivity contribution in [3.05, 3.63) is 34.3 Å². The maximum absolute atomic E-state index is 6.97.